The zero-order chi connectivity index (χ0) is 17.0. The van der Waals surface area contributed by atoms with Crippen LogP contribution in [-0.4, -0.2) is 13.8 Å². The van der Waals surface area contributed by atoms with E-state index < -0.39 is 5.82 Å². The topological polar surface area (TPSA) is 29.1 Å². The van der Waals surface area contributed by atoms with Gasteiger partial charge in [-0.25, -0.2) is 4.39 Å². The molecule has 0 unspecified atom stereocenters. The van der Waals surface area contributed by atoms with Gasteiger partial charge in [-0.1, -0.05) is 50.5 Å². The fourth-order valence-corrected chi connectivity index (χ4v) is 2.09. The second-order valence-corrected chi connectivity index (χ2v) is 6.43. The molecule has 0 fully saturated rings. The van der Waals surface area contributed by atoms with E-state index in [-0.39, 0.29) is 16.8 Å². The number of halogens is 1. The minimum absolute atomic E-state index is 0.0970. The van der Waals surface area contributed by atoms with Gasteiger partial charge in [0.05, 0.1) is 0 Å². The van der Waals surface area contributed by atoms with E-state index in [4.69, 9.17) is 7.85 Å². The molecule has 0 aliphatic carbocycles. The second kappa shape index (κ2) is 6.82. The molecule has 1 N–H and O–H groups in total. The van der Waals surface area contributed by atoms with Crippen molar-refractivity contribution in [2.24, 2.45) is 0 Å². The fraction of sp³-hybridized carbons (Fsp3) is 0.211. The molecule has 4 heteroatoms. The van der Waals surface area contributed by atoms with Crippen molar-refractivity contribution in [3.8, 4) is 0 Å². The summed E-state index contributed by atoms with van der Waals surface area (Å²) in [6, 6.07) is 11.9. The Hall–Kier alpha value is -2.36. The molecule has 0 aliphatic heterocycles. The van der Waals surface area contributed by atoms with Crippen LogP contribution in [0.25, 0.3) is 6.08 Å². The molecule has 116 valence electrons. The number of amides is 1. The van der Waals surface area contributed by atoms with E-state index in [1.165, 1.54) is 29.8 Å². The molecule has 0 bridgehead atoms. The van der Waals surface area contributed by atoms with E-state index in [1.54, 1.807) is 6.08 Å². The van der Waals surface area contributed by atoms with Gasteiger partial charge in [0.15, 0.2) is 0 Å². The highest BCUT2D eigenvalue weighted by Gasteiger charge is 2.12. The lowest BCUT2D eigenvalue weighted by molar-refractivity contribution is -0.111. The molecular formula is C19H19BFNO. The average molecular weight is 307 g/mol. The fourth-order valence-electron chi connectivity index (χ4n) is 2.09. The summed E-state index contributed by atoms with van der Waals surface area (Å²) in [4.78, 5) is 11.9. The van der Waals surface area contributed by atoms with Gasteiger partial charge in [0, 0.05) is 11.8 Å². The molecule has 0 atom stereocenters. The van der Waals surface area contributed by atoms with Crippen LogP contribution in [0.5, 0.6) is 0 Å². The minimum Gasteiger partial charge on any atom is -0.323 e. The molecule has 2 radical (unpaired) electrons. The lowest BCUT2D eigenvalue weighted by Gasteiger charge is -2.18. The highest BCUT2D eigenvalue weighted by atomic mass is 19.1. The van der Waals surface area contributed by atoms with Crippen LogP contribution in [0.1, 0.15) is 31.9 Å². The zero-order valence-corrected chi connectivity index (χ0v) is 13.6. The number of rotatable bonds is 3. The van der Waals surface area contributed by atoms with E-state index in [1.807, 2.05) is 12.1 Å². The number of hydrogen-bond donors (Lipinski definition) is 1. The summed E-state index contributed by atoms with van der Waals surface area (Å²) in [7, 11) is 5.66. The van der Waals surface area contributed by atoms with Gasteiger partial charge >= 0.3 is 0 Å². The van der Waals surface area contributed by atoms with E-state index >= 15 is 0 Å². The summed E-state index contributed by atoms with van der Waals surface area (Å²) in [6.45, 7) is 6.45. The van der Waals surface area contributed by atoms with Crippen molar-refractivity contribution in [1.29, 1.82) is 0 Å². The zero-order valence-electron chi connectivity index (χ0n) is 13.6. The summed E-state index contributed by atoms with van der Waals surface area (Å²) < 4.78 is 13.0. The van der Waals surface area contributed by atoms with Crippen molar-refractivity contribution in [3.05, 3.63) is 65.5 Å². The van der Waals surface area contributed by atoms with E-state index in [0.717, 1.165) is 5.56 Å². The number of carbonyl (C=O) groups excluding carboxylic acids is 1. The van der Waals surface area contributed by atoms with E-state index in [0.29, 0.717) is 5.69 Å². The lowest BCUT2D eigenvalue weighted by atomic mass is 9.87. The molecule has 0 aliphatic rings. The smallest absolute Gasteiger partial charge is 0.248 e. The Balaban J connectivity index is 2.03. The van der Waals surface area contributed by atoms with Gasteiger partial charge in [0.25, 0.3) is 0 Å². The van der Waals surface area contributed by atoms with Gasteiger partial charge in [-0.15, -0.1) is 0 Å². The number of benzene rings is 2. The largest absolute Gasteiger partial charge is 0.323 e. The predicted molar refractivity (Wildman–Crippen MR) is 94.6 cm³/mol. The molecule has 0 aromatic heterocycles. The van der Waals surface area contributed by atoms with Crippen molar-refractivity contribution in [2.75, 3.05) is 5.32 Å². The first-order valence-electron chi connectivity index (χ1n) is 7.40. The average Bonchev–Trinajstić information content (AvgIpc) is 2.47. The van der Waals surface area contributed by atoms with Crippen molar-refractivity contribution in [1.82, 2.24) is 0 Å². The van der Waals surface area contributed by atoms with E-state index in [2.05, 4.69) is 38.2 Å². The molecule has 0 saturated carbocycles. The first-order valence-corrected chi connectivity index (χ1v) is 7.40. The summed E-state index contributed by atoms with van der Waals surface area (Å²) in [5.41, 5.74) is 2.85. The van der Waals surface area contributed by atoms with Gasteiger partial charge in [-0.3, -0.25) is 4.79 Å². The molecule has 23 heavy (non-hydrogen) atoms. The number of hydrogen-bond acceptors (Lipinski definition) is 1. The van der Waals surface area contributed by atoms with Gasteiger partial charge in [0.2, 0.25) is 5.91 Å². The normalized spacial score (nSPS) is 11.7. The molecule has 2 aromatic rings. The quantitative estimate of drug-likeness (QED) is 0.682. The van der Waals surface area contributed by atoms with Gasteiger partial charge < -0.3 is 5.32 Å². The van der Waals surface area contributed by atoms with Crippen LogP contribution in [0.2, 0.25) is 0 Å². The molecule has 0 spiro atoms. The molecule has 2 nitrogen and oxygen atoms in total. The van der Waals surface area contributed by atoms with Crippen LogP contribution < -0.4 is 10.8 Å². The highest BCUT2D eigenvalue weighted by molar-refractivity contribution is 6.36. The number of nitrogens with one attached hydrogen (secondary N) is 1. The molecule has 0 saturated heterocycles. The molecule has 1 amide bonds. The summed E-state index contributed by atoms with van der Waals surface area (Å²) in [6.07, 6.45) is 3.15. The second-order valence-electron chi connectivity index (χ2n) is 6.43. The molecule has 2 rings (SSSR count). The van der Waals surface area contributed by atoms with Crippen molar-refractivity contribution in [2.45, 2.75) is 26.2 Å². The Morgan fingerprint density at radius 3 is 2.35 bits per heavy atom. The number of carbonyl (C=O) groups is 1. The SMILES string of the molecule is [B]c1cc(F)ccc1NC(=O)/C=C/c1ccc(C(C)(C)C)cc1. The third kappa shape index (κ3) is 4.81. The van der Waals surface area contributed by atoms with Crippen LogP contribution in [-0.2, 0) is 10.2 Å². The van der Waals surface area contributed by atoms with Crippen LogP contribution >= 0.6 is 0 Å². The third-order valence-corrected chi connectivity index (χ3v) is 3.48. The minimum atomic E-state index is -0.435. The summed E-state index contributed by atoms with van der Waals surface area (Å²) in [5.74, 6) is -0.752. The predicted octanol–water partition coefficient (Wildman–Crippen LogP) is 3.57. The van der Waals surface area contributed by atoms with Gasteiger partial charge in [0.1, 0.15) is 13.7 Å². The van der Waals surface area contributed by atoms with E-state index in [9.17, 15) is 9.18 Å². The molecular weight excluding hydrogens is 288 g/mol. The van der Waals surface area contributed by atoms with Crippen molar-refractivity contribution >= 4 is 31.0 Å². The first kappa shape index (κ1) is 17.0. The Labute approximate surface area is 137 Å². The first-order chi connectivity index (χ1) is 10.8. The third-order valence-electron chi connectivity index (χ3n) is 3.48. The Morgan fingerprint density at radius 1 is 1.13 bits per heavy atom. The maximum absolute atomic E-state index is 13.0. The van der Waals surface area contributed by atoms with Crippen molar-refractivity contribution in [3.63, 3.8) is 0 Å². The highest BCUT2D eigenvalue weighted by Crippen LogP contribution is 2.22. The lowest BCUT2D eigenvalue weighted by Crippen LogP contribution is -2.17. The van der Waals surface area contributed by atoms with Crippen molar-refractivity contribution < 1.29 is 9.18 Å². The van der Waals surface area contributed by atoms with Gasteiger partial charge in [-0.2, -0.15) is 0 Å². The van der Waals surface area contributed by atoms with Crippen LogP contribution in [0.4, 0.5) is 10.1 Å². The Kier molecular flexibility index (Phi) is 5.04. The maximum atomic E-state index is 13.0. The van der Waals surface area contributed by atoms with Crippen LogP contribution in [0, 0.1) is 5.82 Å². The van der Waals surface area contributed by atoms with Crippen LogP contribution in [0.3, 0.4) is 0 Å². The number of anilines is 1. The molecule has 0 heterocycles. The van der Waals surface area contributed by atoms with Gasteiger partial charge in [-0.05, 0) is 40.8 Å². The standard InChI is InChI=1S/C19H19BFNO/c1-19(2,3)14-7-4-13(5-8-14)6-11-18(23)22-17-10-9-15(21)12-16(17)20/h4-12H,1-3H3,(H,22,23)/b11-6+. The van der Waals surface area contributed by atoms with Crippen LogP contribution in [0.15, 0.2) is 48.5 Å². The summed E-state index contributed by atoms with van der Waals surface area (Å²) >= 11 is 0. The molecule has 2 aromatic carbocycles. The maximum Gasteiger partial charge on any atom is 0.248 e. The Morgan fingerprint density at radius 2 is 1.78 bits per heavy atom. The summed E-state index contributed by atoms with van der Waals surface area (Å²) in [5, 5.41) is 2.63. The monoisotopic (exact) mass is 307 g/mol. The Bertz CT molecular complexity index is 730.